The highest BCUT2D eigenvalue weighted by molar-refractivity contribution is 5.69. The maximum Gasteiger partial charge on any atom is 0.280 e. The fourth-order valence-electron chi connectivity index (χ4n) is 2.97. The number of nitrogens with zero attached hydrogens (tertiary/aromatic N) is 7. The number of hydrogen-bond donors (Lipinski definition) is 1. The van der Waals surface area contributed by atoms with Crippen LogP contribution in [0, 0.1) is 5.82 Å². The van der Waals surface area contributed by atoms with Crippen LogP contribution < -0.4 is 5.56 Å². The summed E-state index contributed by atoms with van der Waals surface area (Å²) in [4.78, 5) is 22.0. The number of fused-ring (bicyclic) bond motifs is 1. The Morgan fingerprint density at radius 2 is 2.00 bits per heavy atom. The van der Waals surface area contributed by atoms with E-state index >= 15 is 0 Å². The van der Waals surface area contributed by atoms with Crippen LogP contribution in [-0.4, -0.2) is 39.7 Å². The maximum atomic E-state index is 13.2. The smallest absolute Gasteiger partial charge is 0.280 e. The number of aryl methyl sites for hydroxylation is 1. The number of hydrogen-bond acceptors (Lipinski definition) is 6. The first-order valence-electron chi connectivity index (χ1n) is 8.57. The lowest BCUT2D eigenvalue weighted by molar-refractivity contribution is 0.626. The van der Waals surface area contributed by atoms with E-state index in [0.29, 0.717) is 35.8 Å². The summed E-state index contributed by atoms with van der Waals surface area (Å²) in [5.41, 5.74) is 1.43. The standard InChI is InChI=1S/C17H17FN8O/c1-2-3-14-20-16-15(17(27)26(14)9-13-21-23-24-22-13)25(10-19-16)8-11-4-6-12(18)7-5-11/h4-7,10H,2-3,8-9H2,1H3,(H,21,22,23,24). The molecule has 3 aromatic heterocycles. The van der Waals surface area contributed by atoms with Gasteiger partial charge in [0, 0.05) is 13.0 Å². The molecule has 4 rings (SSSR count). The Kier molecular flexibility index (Phi) is 4.45. The van der Waals surface area contributed by atoms with Crippen LogP contribution in [0.3, 0.4) is 0 Å². The summed E-state index contributed by atoms with van der Waals surface area (Å²) in [5.74, 6) is 0.731. The van der Waals surface area contributed by atoms with E-state index in [1.807, 2.05) is 6.92 Å². The topological polar surface area (TPSA) is 107 Å². The molecule has 9 nitrogen and oxygen atoms in total. The van der Waals surface area contributed by atoms with Gasteiger partial charge >= 0.3 is 0 Å². The van der Waals surface area contributed by atoms with Crippen LogP contribution in [-0.2, 0) is 19.5 Å². The van der Waals surface area contributed by atoms with Crippen LogP contribution in [0.25, 0.3) is 11.2 Å². The first-order chi connectivity index (χ1) is 13.2. The van der Waals surface area contributed by atoms with Gasteiger partial charge in [-0.2, -0.15) is 5.21 Å². The largest absolute Gasteiger partial charge is 0.320 e. The summed E-state index contributed by atoms with van der Waals surface area (Å²) < 4.78 is 16.4. The van der Waals surface area contributed by atoms with E-state index in [-0.39, 0.29) is 17.9 Å². The number of aromatic amines is 1. The molecular formula is C17H17FN8O. The van der Waals surface area contributed by atoms with Gasteiger partial charge in [0.2, 0.25) is 0 Å². The molecule has 0 unspecified atom stereocenters. The molecule has 0 aliphatic heterocycles. The predicted octanol–water partition coefficient (Wildman–Crippen LogP) is 1.29. The lowest BCUT2D eigenvalue weighted by atomic mass is 10.2. The molecule has 10 heteroatoms. The maximum absolute atomic E-state index is 13.2. The second kappa shape index (κ2) is 7.06. The van der Waals surface area contributed by atoms with Gasteiger partial charge in [0.25, 0.3) is 5.56 Å². The Bertz CT molecular complexity index is 1110. The zero-order valence-electron chi connectivity index (χ0n) is 14.6. The SMILES string of the molecule is CCCc1nc2ncn(Cc3ccc(F)cc3)c2c(=O)n1Cc1nn[nH]n1. The molecule has 0 bridgehead atoms. The van der Waals surface area contributed by atoms with E-state index in [2.05, 4.69) is 30.6 Å². The average molecular weight is 368 g/mol. The highest BCUT2D eigenvalue weighted by Gasteiger charge is 2.17. The lowest BCUT2D eigenvalue weighted by Gasteiger charge is -2.11. The third-order valence-corrected chi connectivity index (χ3v) is 4.24. The van der Waals surface area contributed by atoms with Gasteiger partial charge in [-0.1, -0.05) is 24.3 Å². The normalized spacial score (nSPS) is 11.3. The molecular weight excluding hydrogens is 351 g/mol. The molecule has 1 N–H and O–H groups in total. The van der Waals surface area contributed by atoms with Crippen molar-refractivity contribution in [2.75, 3.05) is 0 Å². The van der Waals surface area contributed by atoms with E-state index < -0.39 is 0 Å². The third-order valence-electron chi connectivity index (χ3n) is 4.24. The number of aromatic nitrogens is 8. The van der Waals surface area contributed by atoms with Crippen molar-refractivity contribution in [3.63, 3.8) is 0 Å². The van der Waals surface area contributed by atoms with Gasteiger partial charge in [-0.15, -0.1) is 10.2 Å². The fourth-order valence-corrected chi connectivity index (χ4v) is 2.97. The van der Waals surface area contributed by atoms with Crippen molar-refractivity contribution < 1.29 is 4.39 Å². The van der Waals surface area contributed by atoms with Gasteiger partial charge < -0.3 is 4.57 Å². The summed E-state index contributed by atoms with van der Waals surface area (Å²) in [6.45, 7) is 2.58. The first kappa shape index (κ1) is 17.0. The number of nitrogens with one attached hydrogen (secondary N) is 1. The van der Waals surface area contributed by atoms with Crippen molar-refractivity contribution in [3.05, 3.63) is 64.0 Å². The van der Waals surface area contributed by atoms with Gasteiger partial charge in [-0.3, -0.25) is 9.36 Å². The van der Waals surface area contributed by atoms with Crippen molar-refractivity contribution in [2.45, 2.75) is 32.9 Å². The molecule has 3 heterocycles. The number of imidazole rings is 1. The summed E-state index contributed by atoms with van der Waals surface area (Å²) in [6.07, 6.45) is 3.05. The molecule has 0 aliphatic carbocycles. The molecule has 138 valence electrons. The summed E-state index contributed by atoms with van der Waals surface area (Å²) in [6, 6.07) is 6.14. The third kappa shape index (κ3) is 3.33. The van der Waals surface area contributed by atoms with E-state index in [1.165, 1.54) is 12.1 Å². The van der Waals surface area contributed by atoms with Crippen molar-refractivity contribution in [3.8, 4) is 0 Å². The van der Waals surface area contributed by atoms with Crippen LogP contribution in [0.15, 0.2) is 35.4 Å². The second-order valence-corrected chi connectivity index (χ2v) is 6.17. The minimum Gasteiger partial charge on any atom is -0.320 e. The van der Waals surface area contributed by atoms with Crippen molar-refractivity contribution in [1.29, 1.82) is 0 Å². The quantitative estimate of drug-likeness (QED) is 0.550. The molecule has 0 spiro atoms. The van der Waals surface area contributed by atoms with E-state index in [1.54, 1.807) is 27.6 Å². The van der Waals surface area contributed by atoms with E-state index in [9.17, 15) is 9.18 Å². The van der Waals surface area contributed by atoms with Crippen molar-refractivity contribution in [1.82, 2.24) is 39.7 Å². The van der Waals surface area contributed by atoms with Gasteiger partial charge in [0.05, 0.1) is 12.9 Å². The lowest BCUT2D eigenvalue weighted by Crippen LogP contribution is -2.28. The number of rotatable bonds is 6. The Labute approximate surface area is 152 Å². The number of tetrazole rings is 1. The van der Waals surface area contributed by atoms with Crippen LogP contribution >= 0.6 is 0 Å². The van der Waals surface area contributed by atoms with Crippen LogP contribution in [0.4, 0.5) is 4.39 Å². The highest BCUT2D eigenvalue weighted by Crippen LogP contribution is 2.12. The molecule has 0 atom stereocenters. The molecule has 0 fully saturated rings. The average Bonchev–Trinajstić information content (AvgIpc) is 3.31. The molecule has 0 radical (unpaired) electrons. The first-order valence-corrected chi connectivity index (χ1v) is 8.57. The molecule has 0 aliphatic rings. The zero-order valence-corrected chi connectivity index (χ0v) is 14.6. The predicted molar refractivity (Wildman–Crippen MR) is 94.6 cm³/mol. The van der Waals surface area contributed by atoms with Gasteiger partial charge in [-0.05, 0) is 24.1 Å². The minimum atomic E-state index is -0.303. The second-order valence-electron chi connectivity index (χ2n) is 6.17. The van der Waals surface area contributed by atoms with Crippen LogP contribution in [0.5, 0.6) is 0 Å². The molecule has 4 aromatic rings. The number of H-pyrrole nitrogens is 1. The summed E-state index contributed by atoms with van der Waals surface area (Å²) in [7, 11) is 0. The van der Waals surface area contributed by atoms with Crippen LogP contribution in [0.1, 0.15) is 30.6 Å². The summed E-state index contributed by atoms with van der Waals surface area (Å²) in [5, 5.41) is 13.8. The van der Waals surface area contributed by atoms with Crippen LogP contribution in [0.2, 0.25) is 0 Å². The molecule has 0 saturated heterocycles. The molecule has 27 heavy (non-hydrogen) atoms. The van der Waals surface area contributed by atoms with Gasteiger partial charge in [-0.25, -0.2) is 14.4 Å². The van der Waals surface area contributed by atoms with E-state index in [0.717, 1.165) is 12.0 Å². The molecule has 1 aromatic carbocycles. The van der Waals surface area contributed by atoms with Crippen molar-refractivity contribution in [2.24, 2.45) is 0 Å². The molecule has 0 amide bonds. The number of benzene rings is 1. The Hall–Kier alpha value is -3.43. The number of halogens is 1. The Morgan fingerprint density at radius 3 is 2.70 bits per heavy atom. The zero-order chi connectivity index (χ0) is 18.8. The van der Waals surface area contributed by atoms with Gasteiger partial charge in [0.15, 0.2) is 17.0 Å². The monoisotopic (exact) mass is 368 g/mol. The fraction of sp³-hybridized carbons (Fsp3) is 0.294. The highest BCUT2D eigenvalue weighted by atomic mass is 19.1. The van der Waals surface area contributed by atoms with E-state index in [4.69, 9.17) is 0 Å². The minimum absolute atomic E-state index is 0.176. The Morgan fingerprint density at radius 1 is 1.19 bits per heavy atom. The van der Waals surface area contributed by atoms with Crippen molar-refractivity contribution >= 4 is 11.2 Å². The Balaban J connectivity index is 1.80. The summed E-state index contributed by atoms with van der Waals surface area (Å²) >= 11 is 0. The molecule has 0 saturated carbocycles. The van der Waals surface area contributed by atoms with Gasteiger partial charge in [0.1, 0.15) is 11.6 Å².